The SMILES string of the molecule is COc1ccc([C@H](c2nnnn2C2CCCC2)N2CCN(Cc3ccccc3)CC2)cc1OC. The predicted octanol–water partition coefficient (Wildman–Crippen LogP) is 3.71. The van der Waals surface area contributed by atoms with Crippen molar-refractivity contribution in [2.24, 2.45) is 0 Å². The lowest BCUT2D eigenvalue weighted by Crippen LogP contribution is -2.48. The Bertz CT molecular complexity index is 1060. The van der Waals surface area contributed by atoms with Crippen molar-refractivity contribution in [1.82, 2.24) is 30.0 Å². The van der Waals surface area contributed by atoms with Crippen LogP contribution in [0, 0.1) is 0 Å². The van der Waals surface area contributed by atoms with Gasteiger partial charge in [-0.15, -0.1) is 5.10 Å². The molecule has 0 spiro atoms. The first kappa shape index (κ1) is 22.8. The average Bonchev–Trinajstić information content (AvgIpc) is 3.58. The van der Waals surface area contributed by atoms with E-state index in [1.54, 1.807) is 14.2 Å². The van der Waals surface area contributed by atoms with Crippen molar-refractivity contribution in [2.75, 3.05) is 40.4 Å². The molecule has 0 unspecified atom stereocenters. The summed E-state index contributed by atoms with van der Waals surface area (Å²) in [6, 6.07) is 17.2. The molecule has 34 heavy (non-hydrogen) atoms. The molecule has 8 heteroatoms. The molecule has 1 saturated heterocycles. The van der Waals surface area contributed by atoms with Gasteiger partial charge in [-0.2, -0.15) is 0 Å². The lowest BCUT2D eigenvalue weighted by molar-refractivity contribution is 0.0992. The van der Waals surface area contributed by atoms with Crippen LogP contribution >= 0.6 is 0 Å². The minimum absolute atomic E-state index is 0.0331. The topological polar surface area (TPSA) is 68.5 Å². The van der Waals surface area contributed by atoms with Crippen molar-refractivity contribution in [3.05, 3.63) is 65.5 Å². The highest BCUT2D eigenvalue weighted by Crippen LogP contribution is 2.37. The summed E-state index contributed by atoms with van der Waals surface area (Å²) < 4.78 is 13.2. The van der Waals surface area contributed by atoms with E-state index in [0.29, 0.717) is 6.04 Å². The van der Waals surface area contributed by atoms with Gasteiger partial charge in [-0.25, -0.2) is 4.68 Å². The Labute approximate surface area is 201 Å². The molecular formula is C26H34N6O2. The third kappa shape index (κ3) is 4.79. The van der Waals surface area contributed by atoms with Crippen LogP contribution in [0.1, 0.15) is 54.7 Å². The molecule has 1 atom stereocenters. The molecule has 1 aliphatic carbocycles. The first-order valence-corrected chi connectivity index (χ1v) is 12.3. The van der Waals surface area contributed by atoms with Crippen LogP contribution in [0.25, 0.3) is 0 Å². The van der Waals surface area contributed by atoms with Crippen molar-refractivity contribution in [3.63, 3.8) is 0 Å². The zero-order valence-electron chi connectivity index (χ0n) is 20.1. The molecule has 180 valence electrons. The van der Waals surface area contributed by atoms with Crippen LogP contribution in [0.3, 0.4) is 0 Å². The van der Waals surface area contributed by atoms with Gasteiger partial charge in [-0.05, 0) is 46.5 Å². The molecule has 2 heterocycles. The summed E-state index contributed by atoms with van der Waals surface area (Å²) in [4.78, 5) is 5.04. The highest BCUT2D eigenvalue weighted by molar-refractivity contribution is 5.45. The smallest absolute Gasteiger partial charge is 0.173 e. The van der Waals surface area contributed by atoms with Gasteiger partial charge in [0.05, 0.1) is 26.3 Å². The summed E-state index contributed by atoms with van der Waals surface area (Å²) in [5.74, 6) is 2.39. The third-order valence-corrected chi connectivity index (χ3v) is 7.18. The van der Waals surface area contributed by atoms with Crippen molar-refractivity contribution in [3.8, 4) is 11.5 Å². The summed E-state index contributed by atoms with van der Waals surface area (Å²) in [6.45, 7) is 4.88. The first-order valence-electron chi connectivity index (χ1n) is 12.3. The minimum atomic E-state index is -0.0331. The Morgan fingerprint density at radius 1 is 0.912 bits per heavy atom. The second-order valence-electron chi connectivity index (χ2n) is 9.23. The van der Waals surface area contributed by atoms with Gasteiger partial charge in [-0.1, -0.05) is 49.2 Å². The Hall–Kier alpha value is -2.97. The molecule has 0 N–H and O–H groups in total. The molecular weight excluding hydrogens is 428 g/mol. The van der Waals surface area contributed by atoms with E-state index in [-0.39, 0.29) is 6.04 Å². The molecule has 0 bridgehead atoms. The average molecular weight is 463 g/mol. The number of rotatable bonds is 8. The van der Waals surface area contributed by atoms with E-state index in [9.17, 15) is 0 Å². The van der Waals surface area contributed by atoms with Gasteiger partial charge in [0, 0.05) is 32.7 Å². The van der Waals surface area contributed by atoms with E-state index >= 15 is 0 Å². The van der Waals surface area contributed by atoms with E-state index in [4.69, 9.17) is 9.47 Å². The maximum Gasteiger partial charge on any atom is 0.173 e. The van der Waals surface area contributed by atoms with Crippen LogP contribution in [0.4, 0.5) is 0 Å². The van der Waals surface area contributed by atoms with Crippen LogP contribution in [0.5, 0.6) is 11.5 Å². The standard InChI is InChI=1S/C26H34N6O2/c1-33-23-13-12-21(18-24(23)34-2)25(26-27-28-29-32(26)22-10-6-7-11-22)31-16-14-30(15-17-31)19-20-8-4-3-5-9-20/h3-5,8-9,12-13,18,22,25H,6-7,10-11,14-17,19H2,1-2H3/t25-/m1/s1. The zero-order valence-corrected chi connectivity index (χ0v) is 20.1. The molecule has 2 aromatic carbocycles. The van der Waals surface area contributed by atoms with E-state index < -0.39 is 0 Å². The van der Waals surface area contributed by atoms with Gasteiger partial charge in [0.1, 0.15) is 0 Å². The normalized spacial score (nSPS) is 18.8. The van der Waals surface area contributed by atoms with E-state index in [2.05, 4.69) is 72.5 Å². The van der Waals surface area contributed by atoms with Crippen molar-refractivity contribution in [1.29, 1.82) is 0 Å². The summed E-state index contributed by atoms with van der Waals surface area (Å²) in [7, 11) is 3.35. The number of aromatic nitrogens is 4. The molecule has 8 nitrogen and oxygen atoms in total. The van der Waals surface area contributed by atoms with Gasteiger partial charge >= 0.3 is 0 Å². The van der Waals surface area contributed by atoms with Crippen LogP contribution in [-0.2, 0) is 6.54 Å². The van der Waals surface area contributed by atoms with Crippen molar-refractivity contribution >= 4 is 0 Å². The number of tetrazole rings is 1. The van der Waals surface area contributed by atoms with Gasteiger partial charge in [0.25, 0.3) is 0 Å². The maximum absolute atomic E-state index is 5.64. The molecule has 2 fully saturated rings. The van der Waals surface area contributed by atoms with E-state index in [1.165, 1.54) is 18.4 Å². The second kappa shape index (κ2) is 10.5. The second-order valence-corrected chi connectivity index (χ2v) is 9.23. The highest BCUT2D eigenvalue weighted by atomic mass is 16.5. The molecule has 5 rings (SSSR count). The quantitative estimate of drug-likeness (QED) is 0.505. The summed E-state index contributed by atoms with van der Waals surface area (Å²) in [5.41, 5.74) is 2.49. The summed E-state index contributed by atoms with van der Waals surface area (Å²) >= 11 is 0. The number of nitrogens with zero attached hydrogens (tertiary/aromatic N) is 6. The Balaban J connectivity index is 1.42. The van der Waals surface area contributed by atoms with Gasteiger partial charge < -0.3 is 9.47 Å². The summed E-state index contributed by atoms with van der Waals surface area (Å²) in [5, 5.41) is 13.1. The van der Waals surface area contributed by atoms with Crippen LogP contribution in [0.2, 0.25) is 0 Å². The summed E-state index contributed by atoms with van der Waals surface area (Å²) in [6.07, 6.45) is 4.76. The fraction of sp³-hybridized carbons (Fsp3) is 0.500. The molecule has 1 saturated carbocycles. The lowest BCUT2D eigenvalue weighted by Gasteiger charge is -2.39. The Morgan fingerprint density at radius 3 is 2.35 bits per heavy atom. The third-order valence-electron chi connectivity index (χ3n) is 7.18. The van der Waals surface area contributed by atoms with E-state index in [0.717, 1.165) is 68.5 Å². The number of ether oxygens (including phenoxy) is 2. The van der Waals surface area contributed by atoms with Crippen molar-refractivity contribution < 1.29 is 9.47 Å². The maximum atomic E-state index is 5.64. The monoisotopic (exact) mass is 462 g/mol. The highest BCUT2D eigenvalue weighted by Gasteiger charge is 2.33. The fourth-order valence-corrected chi connectivity index (χ4v) is 5.36. The molecule has 1 aliphatic heterocycles. The molecule has 2 aliphatic rings. The first-order chi connectivity index (χ1) is 16.8. The molecule has 3 aromatic rings. The Kier molecular flexibility index (Phi) is 7.06. The fourth-order valence-electron chi connectivity index (χ4n) is 5.36. The van der Waals surface area contributed by atoms with Crippen molar-refractivity contribution in [2.45, 2.75) is 44.3 Å². The van der Waals surface area contributed by atoms with E-state index in [1.807, 2.05) is 6.07 Å². The number of piperazine rings is 1. The van der Waals surface area contributed by atoms with Gasteiger partial charge in [-0.3, -0.25) is 9.80 Å². The van der Waals surface area contributed by atoms with Crippen LogP contribution in [-0.4, -0.2) is 70.4 Å². The lowest BCUT2D eigenvalue weighted by atomic mass is 10.0. The number of hydrogen-bond acceptors (Lipinski definition) is 7. The number of benzene rings is 2. The van der Waals surface area contributed by atoms with Crippen LogP contribution < -0.4 is 9.47 Å². The molecule has 1 aromatic heterocycles. The molecule has 0 radical (unpaired) electrons. The van der Waals surface area contributed by atoms with Gasteiger partial charge in [0.15, 0.2) is 17.3 Å². The largest absolute Gasteiger partial charge is 0.493 e. The molecule has 0 amide bonds. The van der Waals surface area contributed by atoms with Crippen LogP contribution in [0.15, 0.2) is 48.5 Å². The van der Waals surface area contributed by atoms with Gasteiger partial charge in [0.2, 0.25) is 0 Å². The Morgan fingerprint density at radius 2 is 1.65 bits per heavy atom. The predicted molar refractivity (Wildman–Crippen MR) is 130 cm³/mol. The zero-order chi connectivity index (χ0) is 23.3. The number of methoxy groups -OCH3 is 2. The minimum Gasteiger partial charge on any atom is -0.493 e. The number of hydrogen-bond donors (Lipinski definition) is 0.